The molecule has 0 spiro atoms. The average molecular weight is 442 g/mol. The number of carbonyl (C=O) groups is 2. The fourth-order valence-electron chi connectivity index (χ4n) is 3.46. The summed E-state index contributed by atoms with van der Waals surface area (Å²) in [5, 5.41) is 2.73. The number of allylic oxidation sites excluding steroid dienone is 1. The Morgan fingerprint density at radius 2 is 1.71 bits per heavy atom. The topological polar surface area (TPSA) is 86.8 Å². The van der Waals surface area contributed by atoms with Crippen molar-refractivity contribution in [2.75, 3.05) is 39.5 Å². The van der Waals surface area contributed by atoms with Crippen LogP contribution in [0.25, 0.3) is 5.57 Å². The van der Waals surface area contributed by atoms with Gasteiger partial charge >= 0.3 is 0 Å². The van der Waals surface area contributed by atoms with Crippen LogP contribution < -0.4 is 5.32 Å². The molecule has 0 saturated carbocycles. The van der Waals surface area contributed by atoms with Crippen LogP contribution in [0.5, 0.6) is 0 Å². The summed E-state index contributed by atoms with van der Waals surface area (Å²) >= 11 is 0. The van der Waals surface area contributed by atoms with Crippen LogP contribution in [0.1, 0.15) is 28.4 Å². The van der Waals surface area contributed by atoms with Crippen LogP contribution in [0.15, 0.2) is 52.9 Å². The van der Waals surface area contributed by atoms with Gasteiger partial charge < -0.3 is 10.2 Å². The van der Waals surface area contributed by atoms with Gasteiger partial charge in [-0.2, -0.15) is 4.31 Å². The maximum atomic E-state index is 13.1. The van der Waals surface area contributed by atoms with E-state index in [9.17, 15) is 18.0 Å². The molecule has 0 atom stereocenters. The molecule has 164 valence electrons. The van der Waals surface area contributed by atoms with Crippen molar-refractivity contribution in [1.82, 2.24) is 9.21 Å². The first-order chi connectivity index (χ1) is 14.5. The second-order valence-electron chi connectivity index (χ2n) is 7.94. The van der Waals surface area contributed by atoms with E-state index in [0.717, 1.165) is 5.56 Å². The molecule has 31 heavy (non-hydrogen) atoms. The van der Waals surface area contributed by atoms with Gasteiger partial charge in [-0.05, 0) is 51.7 Å². The third kappa shape index (κ3) is 4.46. The van der Waals surface area contributed by atoms with Crippen molar-refractivity contribution < 1.29 is 18.0 Å². The normalized spacial score (nSPS) is 15.3. The van der Waals surface area contributed by atoms with Gasteiger partial charge in [0.25, 0.3) is 5.91 Å². The molecule has 1 N–H and O–H groups in total. The Morgan fingerprint density at radius 3 is 2.35 bits per heavy atom. The minimum atomic E-state index is -3.74. The molecule has 0 bridgehead atoms. The number of hydrogen-bond acceptors (Lipinski definition) is 5. The van der Waals surface area contributed by atoms with Crippen LogP contribution in [-0.4, -0.2) is 63.5 Å². The Bertz CT molecular complexity index is 1180. The van der Waals surface area contributed by atoms with Crippen molar-refractivity contribution in [3.05, 3.63) is 64.7 Å². The van der Waals surface area contributed by atoms with Gasteiger partial charge in [-0.3, -0.25) is 9.59 Å². The minimum absolute atomic E-state index is 0.0812. The lowest BCUT2D eigenvalue weighted by atomic mass is 9.94. The summed E-state index contributed by atoms with van der Waals surface area (Å²) in [4.78, 5) is 27.7. The van der Waals surface area contributed by atoms with E-state index in [1.54, 1.807) is 25.1 Å². The molecule has 0 saturated heterocycles. The standard InChI is InChI=1S/C23H27N3O4S/c1-15-8-6-7-9-18(15)22(27)16(2)21-19-14-17(10-11-20(19)24-23(21)28)31(29,30)26(5)13-12-25(3)4/h6-11,14H,12-13H2,1-5H3,(H,24,28)/b21-16+. The highest BCUT2D eigenvalue weighted by molar-refractivity contribution is 7.89. The summed E-state index contributed by atoms with van der Waals surface area (Å²) in [7, 11) is 1.53. The summed E-state index contributed by atoms with van der Waals surface area (Å²) in [5.41, 5.74) is 2.72. The van der Waals surface area contributed by atoms with Gasteiger partial charge in [-0.15, -0.1) is 0 Å². The molecule has 0 unspecified atom stereocenters. The van der Waals surface area contributed by atoms with Crippen molar-refractivity contribution in [1.29, 1.82) is 0 Å². The van der Waals surface area contributed by atoms with Crippen LogP contribution in [-0.2, 0) is 14.8 Å². The Morgan fingerprint density at radius 1 is 1.03 bits per heavy atom. The van der Waals surface area contributed by atoms with Gasteiger partial charge in [0, 0.05) is 42.5 Å². The number of carbonyl (C=O) groups excluding carboxylic acids is 2. The number of Topliss-reactive ketones (excluding diaryl/α,β-unsaturated/α-hetero) is 1. The number of likely N-dealkylation sites (N-methyl/N-ethyl adjacent to an activating group) is 2. The molecule has 7 nitrogen and oxygen atoms in total. The molecule has 1 amide bonds. The SMILES string of the molecule is C/C(C(=O)c1ccccc1C)=C1\C(=O)Nc2ccc(S(=O)(=O)N(C)CCN(C)C)cc21. The Labute approximate surface area is 183 Å². The smallest absolute Gasteiger partial charge is 0.256 e. The van der Waals surface area contributed by atoms with Gasteiger partial charge in [0.2, 0.25) is 10.0 Å². The van der Waals surface area contributed by atoms with E-state index in [2.05, 4.69) is 5.32 Å². The van der Waals surface area contributed by atoms with Crippen molar-refractivity contribution in [3.63, 3.8) is 0 Å². The molecule has 2 aromatic rings. The van der Waals surface area contributed by atoms with Gasteiger partial charge in [-0.25, -0.2) is 8.42 Å². The summed E-state index contributed by atoms with van der Waals surface area (Å²) in [6.45, 7) is 4.35. The van der Waals surface area contributed by atoms with Gasteiger partial charge in [-0.1, -0.05) is 24.3 Å². The Balaban J connectivity index is 2.04. The van der Waals surface area contributed by atoms with Crippen LogP contribution in [0.3, 0.4) is 0 Å². The van der Waals surface area contributed by atoms with Crippen LogP contribution in [0.4, 0.5) is 5.69 Å². The maximum absolute atomic E-state index is 13.1. The largest absolute Gasteiger partial charge is 0.321 e. The van der Waals surface area contributed by atoms with Crippen LogP contribution in [0, 0.1) is 6.92 Å². The highest BCUT2D eigenvalue weighted by atomic mass is 32.2. The average Bonchev–Trinajstić information content (AvgIpc) is 3.06. The number of rotatable bonds is 7. The number of nitrogens with zero attached hydrogens (tertiary/aromatic N) is 2. The number of aryl methyl sites for hydroxylation is 1. The fourth-order valence-corrected chi connectivity index (χ4v) is 4.65. The van der Waals surface area contributed by atoms with E-state index in [1.807, 2.05) is 38.1 Å². The number of benzene rings is 2. The molecule has 8 heteroatoms. The Hall–Kier alpha value is -2.81. The van der Waals surface area contributed by atoms with Gasteiger partial charge in [0.15, 0.2) is 5.78 Å². The molecule has 1 heterocycles. The second kappa shape index (κ2) is 8.74. The maximum Gasteiger partial charge on any atom is 0.256 e. The summed E-state index contributed by atoms with van der Waals surface area (Å²) in [6.07, 6.45) is 0. The molecule has 2 aromatic carbocycles. The number of sulfonamides is 1. The molecule has 0 aromatic heterocycles. The zero-order valence-corrected chi connectivity index (χ0v) is 19.2. The van der Waals surface area contributed by atoms with Crippen molar-refractivity contribution in [2.24, 2.45) is 0 Å². The number of hydrogen-bond donors (Lipinski definition) is 1. The van der Waals surface area contributed by atoms with E-state index >= 15 is 0 Å². The van der Waals surface area contributed by atoms with E-state index in [4.69, 9.17) is 0 Å². The molecule has 0 fully saturated rings. The van der Waals surface area contributed by atoms with Gasteiger partial charge in [0.05, 0.1) is 10.5 Å². The first kappa shape index (κ1) is 22.9. The summed E-state index contributed by atoms with van der Waals surface area (Å²) in [5.74, 6) is -0.669. The van der Waals surface area contributed by atoms with Crippen LogP contribution in [0.2, 0.25) is 0 Å². The van der Waals surface area contributed by atoms with E-state index in [-0.39, 0.29) is 21.8 Å². The molecule has 0 aliphatic carbocycles. The van der Waals surface area contributed by atoms with Crippen molar-refractivity contribution in [2.45, 2.75) is 18.7 Å². The van der Waals surface area contributed by atoms with E-state index in [1.165, 1.54) is 23.5 Å². The lowest BCUT2D eigenvalue weighted by molar-refractivity contribution is -0.110. The van der Waals surface area contributed by atoms with Gasteiger partial charge in [0.1, 0.15) is 0 Å². The first-order valence-corrected chi connectivity index (χ1v) is 11.4. The second-order valence-corrected chi connectivity index (χ2v) is 9.98. The van der Waals surface area contributed by atoms with Crippen molar-refractivity contribution >= 4 is 33.0 Å². The number of nitrogens with one attached hydrogen (secondary N) is 1. The molecule has 3 rings (SSSR count). The highest BCUT2D eigenvalue weighted by Crippen LogP contribution is 2.36. The summed E-state index contributed by atoms with van der Waals surface area (Å²) in [6, 6.07) is 11.7. The lowest BCUT2D eigenvalue weighted by Crippen LogP contribution is -2.33. The monoisotopic (exact) mass is 441 g/mol. The molecule has 0 radical (unpaired) electrons. The first-order valence-electron chi connectivity index (χ1n) is 9.92. The molecular weight excluding hydrogens is 414 g/mol. The Kier molecular flexibility index (Phi) is 6.45. The number of anilines is 1. The minimum Gasteiger partial charge on any atom is -0.321 e. The third-order valence-corrected chi connectivity index (χ3v) is 7.26. The number of ketones is 1. The quantitative estimate of drug-likeness (QED) is 0.527. The van der Waals surface area contributed by atoms with Crippen molar-refractivity contribution in [3.8, 4) is 0 Å². The highest BCUT2D eigenvalue weighted by Gasteiger charge is 2.31. The summed E-state index contributed by atoms with van der Waals surface area (Å²) < 4.78 is 27.3. The molecule has 1 aliphatic rings. The van der Waals surface area contributed by atoms with E-state index < -0.39 is 15.9 Å². The van der Waals surface area contributed by atoms with E-state index in [0.29, 0.717) is 29.9 Å². The molecular formula is C23H27N3O4S. The number of amides is 1. The predicted molar refractivity (Wildman–Crippen MR) is 122 cm³/mol. The lowest BCUT2D eigenvalue weighted by Gasteiger charge is -2.20. The van der Waals surface area contributed by atoms with Crippen LogP contribution >= 0.6 is 0 Å². The molecule has 1 aliphatic heterocycles. The zero-order chi connectivity index (χ0) is 22.9. The predicted octanol–water partition coefficient (Wildman–Crippen LogP) is 2.79. The zero-order valence-electron chi connectivity index (χ0n) is 18.4. The third-order valence-electron chi connectivity index (χ3n) is 5.41. The fraction of sp³-hybridized carbons (Fsp3) is 0.304. The number of fused-ring (bicyclic) bond motifs is 1.